The van der Waals surface area contributed by atoms with Gasteiger partial charge in [0, 0.05) is 53.6 Å². The zero-order chi connectivity index (χ0) is 33.7. The van der Waals surface area contributed by atoms with E-state index in [2.05, 4.69) is 181 Å². The van der Waals surface area contributed by atoms with E-state index in [1.54, 1.807) is 0 Å². The predicted octanol–water partition coefficient (Wildman–Crippen LogP) is 14.4. The average Bonchev–Trinajstić information content (AvgIpc) is 3.77. The number of rotatable bonds is 6. The van der Waals surface area contributed by atoms with Crippen LogP contribution in [0.4, 0.5) is 17.1 Å². The Hall–Kier alpha value is -6.42. The first-order valence-electron chi connectivity index (χ1n) is 17.3. The average molecular weight is 670 g/mol. The lowest BCUT2D eigenvalue weighted by Gasteiger charge is -2.27. The Kier molecular flexibility index (Phi) is 7.04. The van der Waals surface area contributed by atoms with Crippen molar-refractivity contribution in [1.82, 2.24) is 0 Å². The standard InChI is InChI=1S/C48H31NOS/c1-3-12-32(13-4-1)33-22-24-35(25-23-33)49(37-27-29-46-44(31-37)39-16-7-9-20-45(39)50-46)36-26-28-38(43(30-36)34-14-5-2-6-15-34)41-18-11-19-42-40-17-8-10-21-47(40)51-48(41)42/h1-31H. The molecule has 0 N–H and O–H groups in total. The minimum Gasteiger partial charge on any atom is -0.456 e. The second-order valence-electron chi connectivity index (χ2n) is 12.9. The fraction of sp³-hybridized carbons (Fsp3) is 0. The van der Waals surface area contributed by atoms with E-state index in [-0.39, 0.29) is 0 Å². The van der Waals surface area contributed by atoms with Gasteiger partial charge in [-0.15, -0.1) is 11.3 Å². The van der Waals surface area contributed by atoms with Gasteiger partial charge in [0.05, 0.1) is 0 Å². The number of furan rings is 1. The maximum absolute atomic E-state index is 6.24. The van der Waals surface area contributed by atoms with Gasteiger partial charge in [0.25, 0.3) is 0 Å². The third kappa shape index (κ3) is 5.10. The van der Waals surface area contributed by atoms with Crippen molar-refractivity contribution in [2.45, 2.75) is 0 Å². The summed E-state index contributed by atoms with van der Waals surface area (Å²) in [6.07, 6.45) is 0. The largest absolute Gasteiger partial charge is 0.456 e. The van der Waals surface area contributed by atoms with Gasteiger partial charge in [-0.05, 0) is 82.4 Å². The maximum atomic E-state index is 6.24. The molecule has 10 rings (SSSR count). The van der Waals surface area contributed by atoms with Gasteiger partial charge < -0.3 is 9.32 Å². The molecule has 0 bridgehead atoms. The Bertz CT molecular complexity index is 2850. The van der Waals surface area contributed by atoms with Crippen molar-refractivity contribution in [1.29, 1.82) is 0 Å². The van der Waals surface area contributed by atoms with E-state index in [0.717, 1.165) is 39.0 Å². The molecule has 8 aromatic carbocycles. The molecule has 0 aliphatic carbocycles. The number of nitrogens with zero attached hydrogens (tertiary/aromatic N) is 1. The molecule has 0 spiro atoms. The molecule has 2 nitrogen and oxygen atoms in total. The van der Waals surface area contributed by atoms with Crippen LogP contribution in [-0.2, 0) is 0 Å². The molecule has 51 heavy (non-hydrogen) atoms. The van der Waals surface area contributed by atoms with E-state index in [1.165, 1.54) is 53.6 Å². The van der Waals surface area contributed by atoms with Crippen molar-refractivity contribution in [3.8, 4) is 33.4 Å². The van der Waals surface area contributed by atoms with E-state index < -0.39 is 0 Å². The third-order valence-electron chi connectivity index (χ3n) is 9.89. The summed E-state index contributed by atoms with van der Waals surface area (Å²) in [7, 11) is 0. The van der Waals surface area contributed by atoms with Crippen molar-refractivity contribution in [2.75, 3.05) is 4.90 Å². The van der Waals surface area contributed by atoms with Gasteiger partial charge in [0.2, 0.25) is 0 Å². The van der Waals surface area contributed by atoms with E-state index in [0.29, 0.717) is 0 Å². The molecule has 2 aromatic heterocycles. The molecule has 240 valence electrons. The first kappa shape index (κ1) is 29.5. The molecule has 0 unspecified atom stereocenters. The molecule has 0 aliphatic heterocycles. The fourth-order valence-corrected chi connectivity index (χ4v) is 8.69. The molecule has 0 amide bonds. The zero-order valence-corrected chi connectivity index (χ0v) is 28.5. The molecule has 0 radical (unpaired) electrons. The second-order valence-corrected chi connectivity index (χ2v) is 14.0. The molecule has 0 fully saturated rings. The van der Waals surface area contributed by atoms with Crippen molar-refractivity contribution in [2.24, 2.45) is 0 Å². The Balaban J connectivity index is 1.19. The summed E-state index contributed by atoms with van der Waals surface area (Å²) in [5.41, 5.74) is 12.3. The van der Waals surface area contributed by atoms with Gasteiger partial charge in [0.15, 0.2) is 0 Å². The maximum Gasteiger partial charge on any atom is 0.135 e. The molecule has 0 saturated heterocycles. The molecular formula is C48H31NOS. The van der Waals surface area contributed by atoms with Crippen LogP contribution in [0.5, 0.6) is 0 Å². The van der Waals surface area contributed by atoms with Gasteiger partial charge in [-0.25, -0.2) is 0 Å². The Morgan fingerprint density at radius 3 is 1.78 bits per heavy atom. The fourth-order valence-electron chi connectivity index (χ4n) is 7.46. The highest BCUT2D eigenvalue weighted by atomic mass is 32.1. The number of fused-ring (bicyclic) bond motifs is 6. The minimum absolute atomic E-state index is 0.885. The topological polar surface area (TPSA) is 16.4 Å². The Morgan fingerprint density at radius 2 is 0.961 bits per heavy atom. The highest BCUT2D eigenvalue weighted by Crippen LogP contribution is 2.46. The van der Waals surface area contributed by atoms with Crippen LogP contribution in [0.1, 0.15) is 0 Å². The number of anilines is 3. The van der Waals surface area contributed by atoms with Crippen LogP contribution >= 0.6 is 11.3 Å². The quantitative estimate of drug-likeness (QED) is 0.175. The number of hydrogen-bond acceptors (Lipinski definition) is 3. The van der Waals surface area contributed by atoms with Gasteiger partial charge in [-0.3, -0.25) is 0 Å². The van der Waals surface area contributed by atoms with Gasteiger partial charge >= 0.3 is 0 Å². The molecule has 3 heteroatoms. The van der Waals surface area contributed by atoms with Gasteiger partial charge in [-0.1, -0.05) is 133 Å². The molecule has 2 heterocycles. The predicted molar refractivity (Wildman–Crippen MR) is 218 cm³/mol. The van der Waals surface area contributed by atoms with Gasteiger partial charge in [-0.2, -0.15) is 0 Å². The number of hydrogen-bond donors (Lipinski definition) is 0. The normalized spacial score (nSPS) is 11.5. The van der Waals surface area contributed by atoms with E-state index in [9.17, 15) is 0 Å². The van der Waals surface area contributed by atoms with Crippen LogP contribution < -0.4 is 4.90 Å². The van der Waals surface area contributed by atoms with Crippen molar-refractivity contribution in [3.63, 3.8) is 0 Å². The van der Waals surface area contributed by atoms with Crippen LogP contribution in [0.2, 0.25) is 0 Å². The third-order valence-corrected chi connectivity index (χ3v) is 11.1. The molecule has 0 atom stereocenters. The summed E-state index contributed by atoms with van der Waals surface area (Å²) >= 11 is 1.87. The number of para-hydroxylation sites is 1. The highest BCUT2D eigenvalue weighted by molar-refractivity contribution is 7.26. The van der Waals surface area contributed by atoms with Crippen molar-refractivity contribution >= 4 is 70.5 Å². The van der Waals surface area contributed by atoms with Crippen LogP contribution in [0.3, 0.4) is 0 Å². The van der Waals surface area contributed by atoms with E-state index >= 15 is 0 Å². The minimum atomic E-state index is 0.885. The Morgan fingerprint density at radius 1 is 0.353 bits per heavy atom. The summed E-state index contributed by atoms with van der Waals surface area (Å²) in [5.74, 6) is 0. The van der Waals surface area contributed by atoms with E-state index in [1.807, 2.05) is 23.5 Å². The number of benzene rings is 8. The first-order valence-corrected chi connectivity index (χ1v) is 18.1. The van der Waals surface area contributed by atoms with Crippen molar-refractivity contribution < 1.29 is 4.42 Å². The summed E-state index contributed by atoms with van der Waals surface area (Å²) in [4.78, 5) is 2.37. The summed E-state index contributed by atoms with van der Waals surface area (Å²) in [6.45, 7) is 0. The van der Waals surface area contributed by atoms with E-state index in [4.69, 9.17) is 4.42 Å². The lowest BCUT2D eigenvalue weighted by Crippen LogP contribution is -2.10. The van der Waals surface area contributed by atoms with Crippen LogP contribution in [0.25, 0.3) is 75.5 Å². The van der Waals surface area contributed by atoms with Crippen molar-refractivity contribution in [3.05, 3.63) is 188 Å². The summed E-state index contributed by atoms with van der Waals surface area (Å²) < 4.78 is 8.87. The first-order chi connectivity index (χ1) is 25.3. The van der Waals surface area contributed by atoms with Crippen LogP contribution in [-0.4, -0.2) is 0 Å². The smallest absolute Gasteiger partial charge is 0.135 e. The monoisotopic (exact) mass is 669 g/mol. The lowest BCUT2D eigenvalue weighted by molar-refractivity contribution is 0.669. The molecule has 0 saturated carbocycles. The molecule has 10 aromatic rings. The second kappa shape index (κ2) is 12.2. The van der Waals surface area contributed by atoms with Crippen LogP contribution in [0.15, 0.2) is 192 Å². The van der Waals surface area contributed by atoms with Crippen LogP contribution in [0, 0.1) is 0 Å². The van der Waals surface area contributed by atoms with Gasteiger partial charge in [0.1, 0.15) is 11.2 Å². The summed E-state index contributed by atoms with van der Waals surface area (Å²) in [5, 5.41) is 4.83. The molecular weight excluding hydrogens is 639 g/mol. The lowest BCUT2D eigenvalue weighted by atomic mass is 9.92. The SMILES string of the molecule is c1ccc(-c2ccc(N(c3ccc(-c4cccc5c4sc4ccccc45)c(-c4ccccc4)c3)c3ccc4oc5ccccc5c4c3)cc2)cc1. The highest BCUT2D eigenvalue weighted by Gasteiger charge is 2.20. The molecule has 0 aliphatic rings. The zero-order valence-electron chi connectivity index (χ0n) is 27.7. The Labute approximate surface area is 300 Å². The summed E-state index contributed by atoms with van der Waals surface area (Å²) in [6, 6.07) is 67.5. The number of thiophene rings is 1.